The second kappa shape index (κ2) is 8.68. The van der Waals surface area contributed by atoms with E-state index in [1.54, 1.807) is 9.38 Å². The van der Waals surface area contributed by atoms with Gasteiger partial charge in [0, 0.05) is 9.38 Å². The van der Waals surface area contributed by atoms with Crippen LogP contribution in [-0.2, 0) is 10.5 Å². The number of rotatable bonds is 9. The summed E-state index contributed by atoms with van der Waals surface area (Å²) in [6.45, 7) is 19.4. The maximum Gasteiger partial charge on any atom is 0.216 e. The lowest BCUT2D eigenvalue weighted by Crippen LogP contribution is -2.54. The van der Waals surface area contributed by atoms with Gasteiger partial charge in [0.25, 0.3) is 0 Å². The van der Waals surface area contributed by atoms with Gasteiger partial charge in [-0.2, -0.15) is 0 Å². The Hall–Kier alpha value is 0.0938. The molecule has 2 saturated carbocycles. The fourth-order valence-corrected chi connectivity index (χ4v) is 18.0. The van der Waals surface area contributed by atoms with Crippen LogP contribution in [0.25, 0.3) is 0 Å². The van der Waals surface area contributed by atoms with Crippen LogP contribution in [-0.4, -0.2) is 16.6 Å². The minimum Gasteiger partial charge on any atom is -0.452 e. The Kier molecular flexibility index (Phi) is 7.06. The number of hydrogen-bond donors (Lipinski definition) is 0. The Morgan fingerprint density at radius 2 is 1.71 bits per heavy atom. The van der Waals surface area contributed by atoms with E-state index in [2.05, 4.69) is 66.0 Å². The molecule has 1 aromatic rings. The summed E-state index contributed by atoms with van der Waals surface area (Å²) in [6.07, 6.45) is 8.58. The van der Waals surface area contributed by atoms with E-state index in [1.807, 2.05) is 11.3 Å². The van der Waals surface area contributed by atoms with Crippen molar-refractivity contribution < 1.29 is 4.12 Å². The minimum atomic E-state index is -1.82. The van der Waals surface area contributed by atoms with Gasteiger partial charge in [-0.1, -0.05) is 34.1 Å². The third-order valence-electron chi connectivity index (χ3n) is 7.34. The van der Waals surface area contributed by atoms with Gasteiger partial charge < -0.3 is 4.12 Å². The Morgan fingerprint density at radius 1 is 1.00 bits per heavy atom. The lowest BCUT2D eigenvalue weighted by Gasteiger charge is -2.43. The molecule has 0 radical (unpaired) electrons. The molecule has 0 amide bonds. The molecule has 4 atom stereocenters. The van der Waals surface area contributed by atoms with E-state index in [1.165, 1.54) is 38.5 Å². The number of hydrogen-bond acceptors (Lipinski definition) is 2. The molecule has 160 valence electrons. The van der Waals surface area contributed by atoms with Crippen LogP contribution in [0.1, 0.15) is 64.7 Å². The van der Waals surface area contributed by atoms with Crippen LogP contribution in [0.15, 0.2) is 12.1 Å². The van der Waals surface area contributed by atoms with E-state index >= 15 is 0 Å². The summed E-state index contributed by atoms with van der Waals surface area (Å²) < 4.78 is 8.79. The van der Waals surface area contributed by atoms with Crippen molar-refractivity contribution in [3.8, 4) is 0 Å². The molecule has 4 heteroatoms. The third-order valence-corrected chi connectivity index (χ3v) is 18.0. The highest BCUT2D eigenvalue weighted by atomic mass is 32.1. The standard InChI is InChI=1S/C24H44OSSi2/c1-17(2)9-10-20-14-19-15-22(20)23(16-19)27(5,6)25-28(7,8)24-12-11-21(26-24)13-18(3)4/h11-12,17-20,22-23H,9-10,13-16H2,1-8H3/t19-,20+,22-,23?/m1/s1. The fraction of sp³-hybridized carbons (Fsp3) is 0.833. The highest BCUT2D eigenvalue weighted by molar-refractivity contribution is 7.26. The summed E-state index contributed by atoms with van der Waals surface area (Å²) in [4.78, 5) is 1.54. The van der Waals surface area contributed by atoms with Crippen molar-refractivity contribution in [2.45, 2.75) is 97.9 Å². The van der Waals surface area contributed by atoms with Crippen molar-refractivity contribution in [3.05, 3.63) is 17.0 Å². The van der Waals surface area contributed by atoms with E-state index in [4.69, 9.17) is 4.12 Å². The second-order valence-corrected chi connectivity index (χ2v) is 21.5. The van der Waals surface area contributed by atoms with Crippen LogP contribution in [0.2, 0.25) is 31.7 Å². The molecule has 2 aliphatic carbocycles. The molecular formula is C24H44OSSi2. The van der Waals surface area contributed by atoms with Gasteiger partial charge in [-0.3, -0.25) is 0 Å². The van der Waals surface area contributed by atoms with Crippen LogP contribution in [0.5, 0.6) is 0 Å². The van der Waals surface area contributed by atoms with E-state index in [-0.39, 0.29) is 0 Å². The smallest absolute Gasteiger partial charge is 0.216 e. The van der Waals surface area contributed by atoms with Crippen LogP contribution in [0.4, 0.5) is 0 Å². The summed E-state index contributed by atoms with van der Waals surface area (Å²) in [5.74, 6) is 4.55. The zero-order valence-electron chi connectivity index (χ0n) is 19.7. The van der Waals surface area contributed by atoms with Crippen molar-refractivity contribution in [3.63, 3.8) is 0 Å². The Bertz CT molecular complexity index is 649. The van der Waals surface area contributed by atoms with Crippen molar-refractivity contribution in [1.82, 2.24) is 0 Å². The van der Waals surface area contributed by atoms with Crippen molar-refractivity contribution in [2.75, 3.05) is 0 Å². The largest absolute Gasteiger partial charge is 0.452 e. The quantitative estimate of drug-likeness (QED) is 0.366. The summed E-state index contributed by atoms with van der Waals surface area (Å²) in [5.41, 5.74) is 0.894. The summed E-state index contributed by atoms with van der Waals surface area (Å²) >= 11 is 2.04. The molecule has 3 rings (SSSR count). The maximum absolute atomic E-state index is 7.23. The highest BCUT2D eigenvalue weighted by Gasteiger charge is 2.53. The molecule has 2 bridgehead atoms. The van der Waals surface area contributed by atoms with Crippen LogP contribution in [0.3, 0.4) is 0 Å². The monoisotopic (exact) mass is 436 g/mol. The SMILES string of the molecule is CC(C)CC[C@H]1C[C@H]2CC([Si](C)(C)O[Si](C)(C)c3ccc(CC(C)C)s3)[C@@H]1C2. The molecule has 2 aliphatic rings. The highest BCUT2D eigenvalue weighted by Crippen LogP contribution is 2.59. The lowest BCUT2D eigenvalue weighted by atomic mass is 9.83. The first-order chi connectivity index (χ1) is 13.0. The predicted molar refractivity (Wildman–Crippen MR) is 131 cm³/mol. The normalized spacial score (nSPS) is 28.1. The summed E-state index contributed by atoms with van der Waals surface area (Å²) in [5, 5.41) is 0. The molecule has 28 heavy (non-hydrogen) atoms. The first-order valence-corrected chi connectivity index (χ1v) is 18.5. The maximum atomic E-state index is 7.23. The molecule has 0 spiro atoms. The Balaban J connectivity index is 1.67. The average Bonchev–Trinajstić information content (AvgIpc) is 3.26. The van der Waals surface area contributed by atoms with Gasteiger partial charge >= 0.3 is 0 Å². The van der Waals surface area contributed by atoms with Gasteiger partial charge in [0.05, 0.1) is 0 Å². The van der Waals surface area contributed by atoms with Crippen molar-refractivity contribution in [1.29, 1.82) is 0 Å². The van der Waals surface area contributed by atoms with Gasteiger partial charge in [0.15, 0.2) is 8.32 Å². The molecule has 1 aromatic heterocycles. The second-order valence-electron chi connectivity index (χ2n) is 11.7. The molecule has 1 unspecified atom stereocenters. The summed E-state index contributed by atoms with van der Waals surface area (Å²) in [7, 11) is -3.51. The van der Waals surface area contributed by atoms with Crippen molar-refractivity contribution >= 4 is 32.5 Å². The molecular weight excluding hydrogens is 393 g/mol. The lowest BCUT2D eigenvalue weighted by molar-refractivity contribution is 0.280. The van der Waals surface area contributed by atoms with E-state index < -0.39 is 16.6 Å². The van der Waals surface area contributed by atoms with Gasteiger partial charge in [-0.05, 0) is 106 Å². The fourth-order valence-electron chi connectivity index (χ4n) is 6.17. The van der Waals surface area contributed by atoms with Crippen molar-refractivity contribution in [2.24, 2.45) is 29.6 Å². The van der Waals surface area contributed by atoms with Gasteiger partial charge in [0.1, 0.15) is 0 Å². The third kappa shape index (κ3) is 5.22. The average molecular weight is 437 g/mol. The van der Waals surface area contributed by atoms with Gasteiger partial charge in [-0.15, -0.1) is 11.3 Å². The zero-order valence-corrected chi connectivity index (χ0v) is 22.5. The van der Waals surface area contributed by atoms with Gasteiger partial charge in [-0.25, -0.2) is 0 Å². The first-order valence-electron chi connectivity index (χ1n) is 11.8. The van der Waals surface area contributed by atoms with Crippen LogP contribution >= 0.6 is 11.3 Å². The van der Waals surface area contributed by atoms with Gasteiger partial charge in [0.2, 0.25) is 8.32 Å². The zero-order chi connectivity index (χ0) is 20.7. The molecule has 0 aromatic carbocycles. The molecule has 0 aliphatic heterocycles. The van der Waals surface area contributed by atoms with E-state index in [9.17, 15) is 0 Å². The Morgan fingerprint density at radius 3 is 2.32 bits per heavy atom. The van der Waals surface area contributed by atoms with Crippen LogP contribution < -0.4 is 4.50 Å². The number of thiophene rings is 1. The van der Waals surface area contributed by atoms with E-state index in [0.717, 1.165) is 35.1 Å². The topological polar surface area (TPSA) is 9.23 Å². The van der Waals surface area contributed by atoms with Crippen LogP contribution in [0, 0.1) is 29.6 Å². The predicted octanol–water partition coefficient (Wildman–Crippen LogP) is 7.43. The first kappa shape index (κ1) is 22.8. The summed E-state index contributed by atoms with van der Waals surface area (Å²) in [6, 6.07) is 4.76. The molecule has 0 saturated heterocycles. The van der Waals surface area contributed by atoms with E-state index in [0.29, 0.717) is 0 Å². The number of fused-ring (bicyclic) bond motifs is 2. The Labute approximate surface area is 180 Å². The minimum absolute atomic E-state index is 0.736. The molecule has 0 N–H and O–H groups in total. The molecule has 1 heterocycles. The molecule has 1 nitrogen and oxygen atoms in total. The molecule has 2 fully saturated rings.